The molecule has 2 fully saturated rings. The zero-order valence-corrected chi connectivity index (χ0v) is 48.8. The molecule has 2 bridgehead atoms. The third kappa shape index (κ3) is 6.66. The van der Waals surface area contributed by atoms with E-state index in [1.54, 1.807) is 49.3 Å². The molecule has 0 unspecified atom stereocenters. The Labute approximate surface area is 450 Å². The van der Waals surface area contributed by atoms with E-state index >= 15 is 0 Å². The van der Waals surface area contributed by atoms with Gasteiger partial charge in [-0.15, -0.1) is 11.3 Å². The lowest BCUT2D eigenvalue weighted by molar-refractivity contribution is 0.188. The van der Waals surface area contributed by atoms with E-state index < -0.39 is 0 Å². The van der Waals surface area contributed by atoms with Crippen LogP contribution in [-0.4, -0.2) is 6.71 Å². The Hall–Kier alpha value is -4.28. The van der Waals surface area contributed by atoms with Crippen LogP contribution in [0, 0.1) is 0 Å². The molecule has 0 spiro atoms. The number of rotatable bonds is 3. The van der Waals surface area contributed by atoms with E-state index in [-0.39, 0.29) is 50.0 Å². The fraction of sp³-hybridized carbons (Fsp3) is 0.543. The largest absolute Gasteiger partial charge is 0.311 e. The zero-order chi connectivity index (χ0) is 51.7. The Morgan fingerprint density at radius 3 is 1.39 bits per heavy atom. The molecule has 7 aliphatic carbocycles. The highest BCUT2D eigenvalue weighted by atomic mass is 32.1. The van der Waals surface area contributed by atoms with Gasteiger partial charge in [0.15, 0.2) is 0 Å². The molecular weight excluding hydrogens is 912 g/mol. The van der Waals surface area contributed by atoms with Crippen LogP contribution in [0.25, 0.3) is 10.1 Å². The highest BCUT2D eigenvalue weighted by Gasteiger charge is 2.52. The maximum atomic E-state index is 2.87. The molecule has 1 aromatic heterocycles. The van der Waals surface area contributed by atoms with E-state index in [9.17, 15) is 0 Å². The Balaban J connectivity index is 1.13. The lowest BCUT2D eigenvalue weighted by Crippen LogP contribution is -2.61. The van der Waals surface area contributed by atoms with Crippen LogP contribution >= 0.6 is 11.3 Å². The molecule has 2 saturated carbocycles. The summed E-state index contributed by atoms with van der Waals surface area (Å²) in [5, 5.41) is 1.48. The Morgan fingerprint density at radius 2 is 0.865 bits per heavy atom. The molecule has 74 heavy (non-hydrogen) atoms. The smallest absolute Gasteiger partial charge is 0.264 e. The monoisotopic (exact) mass is 997 g/mol. The predicted molar refractivity (Wildman–Crippen MR) is 321 cm³/mol. The summed E-state index contributed by atoms with van der Waals surface area (Å²) < 4.78 is 3.03. The minimum absolute atomic E-state index is 0.0778. The van der Waals surface area contributed by atoms with Gasteiger partial charge >= 0.3 is 0 Å². The maximum Gasteiger partial charge on any atom is 0.264 e. The fourth-order valence-electron chi connectivity index (χ4n) is 17.1. The van der Waals surface area contributed by atoms with Gasteiger partial charge in [0.05, 0.1) is 5.69 Å². The molecule has 3 heterocycles. The van der Waals surface area contributed by atoms with Gasteiger partial charge in [-0.05, 0) is 242 Å². The average Bonchev–Trinajstić information content (AvgIpc) is 3.75. The Morgan fingerprint density at radius 1 is 0.419 bits per heavy atom. The molecule has 0 amide bonds. The minimum atomic E-state index is 0.0778. The van der Waals surface area contributed by atoms with E-state index in [1.807, 2.05) is 0 Å². The van der Waals surface area contributed by atoms with E-state index in [2.05, 4.69) is 191 Å². The minimum Gasteiger partial charge on any atom is -0.311 e. The predicted octanol–water partition coefficient (Wildman–Crippen LogP) is 18.2. The van der Waals surface area contributed by atoms with E-state index in [0.717, 1.165) is 0 Å². The number of benzene rings is 5. The summed E-state index contributed by atoms with van der Waals surface area (Å²) in [6.07, 6.45) is 19.0. The summed E-state index contributed by atoms with van der Waals surface area (Å²) in [7, 11) is 0. The SMILES string of the molecule is CC1(C)CCC(C)(C)c2cc(N3c4cc5c(cc4B4c6sc7cc8c(cc7c6N(c6ccc7c(c6)C(C)(C)CCC7(C)C)c6cc(C7CCCCC7)cc3c64)C3(C)CCC8(C)CC3)C(C)(C)CCC5(C)C)ccc21. The van der Waals surface area contributed by atoms with Crippen molar-refractivity contribution in [3.05, 3.63) is 123 Å². The quantitative estimate of drug-likeness (QED) is 0.163. The second-order valence-corrected chi connectivity index (χ2v) is 31.5. The van der Waals surface area contributed by atoms with Crippen LogP contribution in [0.2, 0.25) is 0 Å². The van der Waals surface area contributed by atoms with Gasteiger partial charge in [0, 0.05) is 43.3 Å². The number of fused-ring (bicyclic) bond motifs is 11. The second kappa shape index (κ2) is 15.3. The highest BCUT2D eigenvalue weighted by Crippen LogP contribution is 2.60. The van der Waals surface area contributed by atoms with Crippen molar-refractivity contribution in [2.24, 2.45) is 0 Å². The lowest BCUT2D eigenvalue weighted by Gasteiger charge is -2.52. The summed E-state index contributed by atoms with van der Waals surface area (Å²) in [5.41, 5.74) is 26.7. The van der Waals surface area contributed by atoms with Crippen LogP contribution in [0.15, 0.2) is 72.8 Å². The molecule has 0 saturated heterocycles. The molecule has 0 radical (unpaired) electrons. The fourth-order valence-corrected chi connectivity index (χ4v) is 18.5. The molecule has 5 aromatic carbocycles. The highest BCUT2D eigenvalue weighted by molar-refractivity contribution is 7.33. The normalized spacial score (nSPS) is 26.9. The van der Waals surface area contributed by atoms with E-state index in [4.69, 9.17) is 0 Å². The first-order chi connectivity index (χ1) is 34.8. The van der Waals surface area contributed by atoms with Crippen LogP contribution < -0.4 is 25.5 Å². The van der Waals surface area contributed by atoms with E-state index in [1.165, 1.54) is 157 Å². The van der Waals surface area contributed by atoms with Crippen molar-refractivity contribution in [2.75, 3.05) is 9.80 Å². The van der Waals surface area contributed by atoms with Crippen LogP contribution in [0.1, 0.15) is 249 Å². The van der Waals surface area contributed by atoms with Crippen LogP contribution in [0.5, 0.6) is 0 Å². The molecule has 2 nitrogen and oxygen atoms in total. The molecule has 9 aliphatic rings. The zero-order valence-electron chi connectivity index (χ0n) is 48.0. The van der Waals surface area contributed by atoms with Gasteiger partial charge < -0.3 is 9.80 Å². The summed E-state index contributed by atoms with van der Waals surface area (Å²) in [6.45, 7) is 35.5. The molecular formula is C70H85BN2S. The van der Waals surface area contributed by atoms with Gasteiger partial charge in [0.1, 0.15) is 0 Å². The van der Waals surface area contributed by atoms with Crippen molar-refractivity contribution >= 4 is 78.0 Å². The van der Waals surface area contributed by atoms with Crippen molar-refractivity contribution in [3.63, 3.8) is 0 Å². The first-order valence-electron chi connectivity index (χ1n) is 29.7. The number of hydrogen-bond acceptors (Lipinski definition) is 3. The Bertz CT molecular complexity index is 3390. The van der Waals surface area contributed by atoms with Gasteiger partial charge in [-0.25, -0.2) is 0 Å². The van der Waals surface area contributed by atoms with Gasteiger partial charge in [-0.3, -0.25) is 0 Å². The summed E-state index contributed by atoms with van der Waals surface area (Å²) in [4.78, 5) is 5.71. The number of hydrogen-bond donors (Lipinski definition) is 0. The van der Waals surface area contributed by atoms with Gasteiger partial charge in [-0.1, -0.05) is 134 Å². The van der Waals surface area contributed by atoms with Crippen molar-refractivity contribution in [2.45, 2.75) is 242 Å². The second-order valence-electron chi connectivity index (χ2n) is 30.5. The average molecular weight is 997 g/mol. The summed E-state index contributed by atoms with van der Waals surface area (Å²) in [6, 6.07) is 32.2. The van der Waals surface area contributed by atoms with Crippen molar-refractivity contribution in [1.82, 2.24) is 0 Å². The molecule has 15 rings (SSSR count). The standard InChI is InChI=1S/C70H85BN2S/c1-63(2)24-26-65(5,6)49-36-44(20-22-47(49)63)72-56-40-52-51(67(9,10)28-29-68(52,11)12)39-55(56)71-60-57(72)34-43(42-18-16-15-17-19-42)35-58(60)73(45-21-23-48-50(37-45)66(7,8)27-25-64(48,3)4)61-46-38-53-54(41-59(46)74-62(61)71)70(14)32-30-69(53,13)31-33-70/h20-23,34-42H,15-19,24-33H2,1-14H3. The lowest BCUT2D eigenvalue weighted by atomic mass is 9.35. The first-order valence-corrected chi connectivity index (χ1v) is 30.5. The van der Waals surface area contributed by atoms with Crippen molar-refractivity contribution < 1.29 is 0 Å². The number of anilines is 6. The van der Waals surface area contributed by atoms with Crippen LogP contribution in [-0.2, 0) is 43.3 Å². The Kier molecular flexibility index (Phi) is 9.92. The molecule has 4 heteroatoms. The first kappa shape index (κ1) is 48.1. The summed E-state index contributed by atoms with van der Waals surface area (Å²) >= 11 is 2.15. The van der Waals surface area contributed by atoms with Crippen molar-refractivity contribution in [1.29, 1.82) is 0 Å². The molecule has 0 atom stereocenters. The molecule has 0 N–H and O–H groups in total. The third-order valence-electron chi connectivity index (χ3n) is 22.8. The number of thiophene rings is 1. The van der Waals surface area contributed by atoms with Gasteiger partial charge in [-0.2, -0.15) is 0 Å². The molecule has 384 valence electrons. The van der Waals surface area contributed by atoms with E-state index in [0.29, 0.717) is 5.92 Å². The van der Waals surface area contributed by atoms with Crippen LogP contribution in [0.4, 0.5) is 34.1 Å². The maximum absolute atomic E-state index is 2.87. The topological polar surface area (TPSA) is 6.48 Å². The third-order valence-corrected chi connectivity index (χ3v) is 24.0. The molecule has 6 aromatic rings. The van der Waals surface area contributed by atoms with Crippen LogP contribution in [0.3, 0.4) is 0 Å². The van der Waals surface area contributed by atoms with Gasteiger partial charge in [0.2, 0.25) is 0 Å². The summed E-state index contributed by atoms with van der Waals surface area (Å²) in [5.74, 6) is 0.549. The van der Waals surface area contributed by atoms with Crippen molar-refractivity contribution in [3.8, 4) is 0 Å². The number of nitrogens with zero attached hydrogens (tertiary/aromatic N) is 2. The van der Waals surface area contributed by atoms with Gasteiger partial charge in [0.25, 0.3) is 6.71 Å². The molecule has 2 aliphatic heterocycles.